The molecule has 0 saturated heterocycles. The highest BCUT2D eigenvalue weighted by molar-refractivity contribution is 5.90. The molecule has 0 aliphatic heterocycles. The van der Waals surface area contributed by atoms with Crippen LogP contribution in [0.15, 0.2) is 27.4 Å². The minimum Gasteiger partial charge on any atom is -0.478 e. The first kappa shape index (κ1) is 18.7. The number of alkyl halides is 6. The van der Waals surface area contributed by atoms with E-state index in [1.165, 1.54) is 13.8 Å². The maximum Gasteiger partial charge on any atom is 0.420 e. The van der Waals surface area contributed by atoms with Crippen LogP contribution in [-0.4, -0.2) is 11.1 Å². The van der Waals surface area contributed by atoms with Crippen molar-refractivity contribution < 1.29 is 45.1 Å². The van der Waals surface area contributed by atoms with Crippen molar-refractivity contribution in [3.63, 3.8) is 0 Å². The van der Waals surface area contributed by atoms with Gasteiger partial charge in [0.25, 0.3) is 0 Å². The number of rotatable bonds is 1. The summed E-state index contributed by atoms with van der Waals surface area (Å²) in [4.78, 5) is 10.4. The Balaban J connectivity index is 0.000000238. The fraction of sp³-hybridized carbons (Fsp3) is 0.308. The van der Waals surface area contributed by atoms with Crippen LogP contribution in [0.4, 0.5) is 26.3 Å². The van der Waals surface area contributed by atoms with Crippen molar-refractivity contribution in [3.8, 4) is 0 Å². The van der Waals surface area contributed by atoms with Crippen LogP contribution in [0.5, 0.6) is 0 Å². The lowest BCUT2D eigenvalue weighted by molar-refractivity contribution is -0.139. The number of halogens is 6. The molecule has 0 atom stereocenters. The quantitative estimate of drug-likeness (QED) is 0.747. The predicted molar refractivity (Wildman–Crippen MR) is 63.9 cm³/mol. The number of aromatic carboxylic acids is 1. The molecule has 0 aliphatic rings. The first-order valence-electron chi connectivity index (χ1n) is 5.85. The second-order valence-electron chi connectivity index (χ2n) is 4.33. The van der Waals surface area contributed by atoms with Crippen molar-refractivity contribution in [1.82, 2.24) is 0 Å². The van der Waals surface area contributed by atoms with Gasteiger partial charge in [0.1, 0.15) is 35.2 Å². The Morgan fingerprint density at radius 3 is 1.83 bits per heavy atom. The summed E-state index contributed by atoms with van der Waals surface area (Å²) in [5.41, 5.74) is -2.81. The first-order valence-corrected chi connectivity index (χ1v) is 5.85. The summed E-state index contributed by atoms with van der Waals surface area (Å²) in [5.74, 6) is -1.62. The van der Waals surface area contributed by atoms with E-state index in [0.29, 0.717) is 12.5 Å². The zero-order valence-electron chi connectivity index (χ0n) is 11.7. The van der Waals surface area contributed by atoms with E-state index in [1.807, 2.05) is 0 Å². The Morgan fingerprint density at radius 2 is 1.57 bits per heavy atom. The standard InChI is InChI=1S/C7H5F3O3.C6H5F3O/c1-3-5(6(11)12)4(2-13-3)7(8,9)10;1-4-2-5(3-10-4)6(7,8)9/h2H,1H3,(H,11,12);2-3H,1H3. The van der Waals surface area contributed by atoms with E-state index in [2.05, 4.69) is 8.83 Å². The van der Waals surface area contributed by atoms with Crippen LogP contribution >= 0.6 is 0 Å². The van der Waals surface area contributed by atoms with Gasteiger partial charge in [-0.2, -0.15) is 26.3 Å². The smallest absolute Gasteiger partial charge is 0.420 e. The largest absolute Gasteiger partial charge is 0.478 e. The molecule has 0 spiro atoms. The Hall–Kier alpha value is -2.39. The minimum absolute atomic E-state index is 0.250. The van der Waals surface area contributed by atoms with E-state index < -0.39 is 35.0 Å². The summed E-state index contributed by atoms with van der Waals surface area (Å²) in [6.07, 6.45) is -7.86. The van der Waals surface area contributed by atoms with Crippen LogP contribution in [0.2, 0.25) is 0 Å². The average molecular weight is 344 g/mol. The predicted octanol–water partition coefficient (Wildman–Crippen LogP) is 4.91. The Bertz CT molecular complexity index is 677. The summed E-state index contributed by atoms with van der Waals surface area (Å²) in [6.45, 7) is 2.63. The molecule has 0 amide bonds. The molecular formula is C13H10F6O4. The van der Waals surface area contributed by atoms with Gasteiger partial charge >= 0.3 is 18.3 Å². The Kier molecular flexibility index (Phi) is 5.18. The van der Waals surface area contributed by atoms with Gasteiger partial charge in [0.15, 0.2) is 0 Å². The number of hydrogen-bond acceptors (Lipinski definition) is 3. The Labute approximate surface area is 125 Å². The fourth-order valence-electron chi connectivity index (χ4n) is 1.52. The van der Waals surface area contributed by atoms with Gasteiger partial charge in [0, 0.05) is 0 Å². The molecule has 4 nitrogen and oxygen atoms in total. The zero-order valence-corrected chi connectivity index (χ0v) is 11.7. The monoisotopic (exact) mass is 344 g/mol. The average Bonchev–Trinajstić information content (AvgIpc) is 2.94. The lowest BCUT2D eigenvalue weighted by Crippen LogP contribution is -2.10. The maximum absolute atomic E-state index is 12.1. The lowest BCUT2D eigenvalue weighted by Gasteiger charge is -2.03. The van der Waals surface area contributed by atoms with Gasteiger partial charge in [0.2, 0.25) is 0 Å². The van der Waals surface area contributed by atoms with Crippen LogP contribution < -0.4 is 0 Å². The van der Waals surface area contributed by atoms with Crippen LogP contribution in [0.25, 0.3) is 0 Å². The van der Waals surface area contributed by atoms with Gasteiger partial charge in [-0.15, -0.1) is 0 Å². The van der Waals surface area contributed by atoms with Crippen molar-refractivity contribution in [1.29, 1.82) is 0 Å². The number of hydrogen-bond donors (Lipinski definition) is 1. The molecule has 2 aromatic heterocycles. The van der Waals surface area contributed by atoms with Crippen molar-refractivity contribution >= 4 is 5.97 Å². The van der Waals surface area contributed by atoms with Gasteiger partial charge in [-0.3, -0.25) is 0 Å². The van der Waals surface area contributed by atoms with Gasteiger partial charge in [0.05, 0.1) is 5.56 Å². The molecule has 1 N–H and O–H groups in total. The molecule has 2 rings (SSSR count). The molecule has 0 aromatic carbocycles. The third-order valence-corrected chi connectivity index (χ3v) is 2.55. The van der Waals surface area contributed by atoms with E-state index in [0.717, 1.165) is 6.07 Å². The van der Waals surface area contributed by atoms with E-state index in [9.17, 15) is 31.1 Å². The molecule has 10 heteroatoms. The number of carbonyl (C=O) groups is 1. The molecule has 0 aliphatic carbocycles. The molecule has 0 radical (unpaired) electrons. The summed E-state index contributed by atoms with van der Waals surface area (Å²) >= 11 is 0. The van der Waals surface area contributed by atoms with Crippen molar-refractivity contribution in [2.24, 2.45) is 0 Å². The minimum atomic E-state index is -4.69. The topological polar surface area (TPSA) is 63.6 Å². The molecule has 2 heterocycles. The third-order valence-electron chi connectivity index (χ3n) is 2.55. The fourth-order valence-corrected chi connectivity index (χ4v) is 1.52. The molecule has 0 saturated carbocycles. The van der Waals surface area contributed by atoms with Gasteiger partial charge in [-0.05, 0) is 19.9 Å². The summed E-state index contributed by atoms with van der Waals surface area (Å²) in [5, 5.41) is 8.44. The molecule has 23 heavy (non-hydrogen) atoms. The zero-order chi connectivity index (χ0) is 18.0. The Morgan fingerprint density at radius 1 is 1.00 bits per heavy atom. The van der Waals surface area contributed by atoms with Gasteiger partial charge < -0.3 is 13.9 Å². The normalized spacial score (nSPS) is 11.8. The van der Waals surface area contributed by atoms with E-state index in [1.54, 1.807) is 0 Å². The van der Waals surface area contributed by atoms with Crippen LogP contribution in [0.1, 0.15) is 33.0 Å². The van der Waals surface area contributed by atoms with Crippen LogP contribution in [0, 0.1) is 13.8 Å². The molecular weight excluding hydrogens is 334 g/mol. The summed E-state index contributed by atoms with van der Waals surface area (Å²) in [7, 11) is 0. The van der Waals surface area contributed by atoms with Gasteiger partial charge in [-0.1, -0.05) is 0 Å². The highest BCUT2D eigenvalue weighted by Crippen LogP contribution is 2.34. The first-order chi connectivity index (χ1) is 10.3. The van der Waals surface area contributed by atoms with E-state index in [4.69, 9.17) is 5.11 Å². The summed E-state index contributed by atoms with van der Waals surface area (Å²) in [6, 6.07) is 0.958. The van der Waals surface area contributed by atoms with E-state index >= 15 is 0 Å². The molecule has 0 unspecified atom stereocenters. The second-order valence-corrected chi connectivity index (χ2v) is 4.33. The summed E-state index contributed by atoms with van der Waals surface area (Å²) < 4.78 is 80.4. The lowest BCUT2D eigenvalue weighted by atomic mass is 10.1. The SMILES string of the molecule is Cc1cc(C(F)(F)F)co1.Cc1occ(C(F)(F)F)c1C(=O)O. The van der Waals surface area contributed by atoms with Crippen LogP contribution in [0.3, 0.4) is 0 Å². The molecule has 0 bridgehead atoms. The number of carboxylic acid groups (broad SMARTS) is 1. The second kappa shape index (κ2) is 6.39. The third kappa shape index (κ3) is 4.80. The van der Waals surface area contributed by atoms with Crippen LogP contribution in [-0.2, 0) is 12.4 Å². The number of furan rings is 2. The number of carboxylic acids is 1. The van der Waals surface area contributed by atoms with E-state index in [-0.39, 0.29) is 11.5 Å². The highest BCUT2D eigenvalue weighted by atomic mass is 19.4. The van der Waals surface area contributed by atoms with Crippen molar-refractivity contribution in [2.45, 2.75) is 26.2 Å². The van der Waals surface area contributed by atoms with Crippen molar-refractivity contribution in [2.75, 3.05) is 0 Å². The molecule has 0 fully saturated rings. The maximum atomic E-state index is 12.1. The number of aryl methyl sites for hydroxylation is 2. The highest BCUT2D eigenvalue weighted by Gasteiger charge is 2.38. The molecule has 2 aromatic rings. The molecule has 128 valence electrons. The van der Waals surface area contributed by atoms with Gasteiger partial charge in [-0.25, -0.2) is 4.79 Å². The van der Waals surface area contributed by atoms with Crippen molar-refractivity contribution in [3.05, 3.63) is 46.8 Å².